The number of rotatable bonds is 7. The Kier molecular flexibility index (Phi) is 5.81. The Morgan fingerprint density at radius 2 is 1.88 bits per heavy atom. The maximum absolute atomic E-state index is 13.3. The lowest BCUT2D eigenvalue weighted by molar-refractivity contribution is -0.129. The monoisotopic (exact) mass is 449 g/mol. The van der Waals surface area contributed by atoms with Crippen molar-refractivity contribution in [3.63, 3.8) is 0 Å². The lowest BCUT2D eigenvalue weighted by Gasteiger charge is -2.58. The number of carbonyl (C=O) groups is 1. The Hall–Kier alpha value is -2.60. The molecule has 4 aliphatic rings. The van der Waals surface area contributed by atoms with Crippen molar-refractivity contribution in [3.05, 3.63) is 53.2 Å². The molecule has 1 aromatic carbocycles. The van der Waals surface area contributed by atoms with Crippen molar-refractivity contribution in [1.82, 2.24) is 4.98 Å². The average molecular weight is 450 g/mol. The molecule has 3 N–H and O–H groups in total. The number of esters is 1. The molecule has 0 amide bonds. The van der Waals surface area contributed by atoms with Crippen molar-refractivity contribution in [1.29, 1.82) is 0 Å². The molecule has 1 heterocycles. The van der Waals surface area contributed by atoms with Crippen molar-refractivity contribution >= 4 is 17.5 Å². The van der Waals surface area contributed by atoms with Gasteiger partial charge in [-0.25, -0.2) is 9.78 Å². The molecule has 176 valence electrons. The Morgan fingerprint density at radius 1 is 1.18 bits per heavy atom. The predicted molar refractivity (Wildman–Crippen MR) is 129 cm³/mol. The van der Waals surface area contributed by atoms with Gasteiger partial charge in [0.2, 0.25) is 0 Å². The van der Waals surface area contributed by atoms with Crippen molar-refractivity contribution in [3.8, 4) is 0 Å². The smallest absolute Gasteiger partial charge is 0.344 e. The molecule has 4 bridgehead atoms. The number of aryl methyl sites for hydroxylation is 1. The van der Waals surface area contributed by atoms with Gasteiger partial charge in [-0.1, -0.05) is 30.3 Å². The number of carbonyl (C=O) groups excluding carboxylic acids is 1. The van der Waals surface area contributed by atoms with Crippen LogP contribution in [0.15, 0.2) is 36.5 Å². The molecule has 4 saturated carbocycles. The van der Waals surface area contributed by atoms with Crippen LogP contribution < -0.4 is 10.6 Å². The first-order valence-electron chi connectivity index (χ1n) is 12.3. The number of nitrogens with one attached hydrogen (secondary N) is 2. The summed E-state index contributed by atoms with van der Waals surface area (Å²) >= 11 is 0. The van der Waals surface area contributed by atoms with Gasteiger partial charge in [0.25, 0.3) is 0 Å². The zero-order chi connectivity index (χ0) is 23.2. The summed E-state index contributed by atoms with van der Waals surface area (Å²) in [5.74, 6) is 1.69. The third-order valence-electron chi connectivity index (χ3n) is 7.67. The molecule has 6 rings (SSSR count). The molecule has 0 unspecified atom stereocenters. The van der Waals surface area contributed by atoms with E-state index in [1.807, 2.05) is 57.3 Å². The molecular formula is C27H35N3O3. The Bertz CT molecular complexity index is 1010. The van der Waals surface area contributed by atoms with E-state index in [2.05, 4.69) is 15.6 Å². The third kappa shape index (κ3) is 4.45. The summed E-state index contributed by atoms with van der Waals surface area (Å²) in [6.07, 6.45) is 6.59. The van der Waals surface area contributed by atoms with Crippen LogP contribution in [0, 0.1) is 24.7 Å². The van der Waals surface area contributed by atoms with Crippen LogP contribution in [0.2, 0.25) is 0 Å². The van der Waals surface area contributed by atoms with Crippen LogP contribution in [0.4, 0.5) is 11.5 Å². The normalized spacial score (nSPS) is 29.8. The number of ether oxygens (including phenoxy) is 1. The number of benzene rings is 1. The van der Waals surface area contributed by atoms with Gasteiger partial charge < -0.3 is 20.5 Å². The second-order valence-corrected chi connectivity index (χ2v) is 10.7. The molecule has 0 radical (unpaired) electrons. The van der Waals surface area contributed by atoms with Gasteiger partial charge in [0.1, 0.15) is 11.4 Å². The first-order chi connectivity index (χ1) is 15.8. The highest BCUT2D eigenvalue weighted by molar-refractivity contribution is 6.01. The van der Waals surface area contributed by atoms with Gasteiger partial charge in [0.15, 0.2) is 0 Å². The second kappa shape index (κ2) is 8.64. The maximum Gasteiger partial charge on any atom is 0.344 e. The zero-order valence-electron chi connectivity index (χ0n) is 19.8. The highest BCUT2D eigenvalue weighted by Gasteiger charge is 2.54. The minimum Gasteiger partial charge on any atom is -0.459 e. The highest BCUT2D eigenvalue weighted by Crippen LogP contribution is 2.56. The quantitative estimate of drug-likeness (QED) is 0.521. The number of hydrogen-bond donors (Lipinski definition) is 3. The Balaban J connectivity index is 1.46. The van der Waals surface area contributed by atoms with Gasteiger partial charge in [-0.2, -0.15) is 0 Å². The third-order valence-corrected chi connectivity index (χ3v) is 7.67. The van der Waals surface area contributed by atoms with E-state index in [1.165, 1.54) is 0 Å². The summed E-state index contributed by atoms with van der Waals surface area (Å²) in [5, 5.41) is 18.1. The summed E-state index contributed by atoms with van der Waals surface area (Å²) in [6.45, 7) is 6.29. The average Bonchev–Trinajstić information content (AvgIpc) is 2.75. The number of pyridine rings is 1. The summed E-state index contributed by atoms with van der Waals surface area (Å²) in [7, 11) is 0. The standard InChI is InChI=1S/C27H35N3O3/c1-16(2)33-26(31)22-23(17(3)14-28-25(22)29-15-18-7-5-4-6-8-18)30-24-20-9-19-10-21(24)13-27(32,11-19)12-20/h4-8,14,16,19-21,24,32H,9-13,15H2,1-3H3,(H2,28,29,30)/t19?,20-,21-,24?,27?/m0/s1. The first-order valence-corrected chi connectivity index (χ1v) is 12.3. The number of aliphatic hydroxyl groups is 1. The summed E-state index contributed by atoms with van der Waals surface area (Å²) < 4.78 is 5.65. The number of nitrogens with zero attached hydrogens (tertiary/aromatic N) is 1. The molecule has 0 aliphatic heterocycles. The maximum atomic E-state index is 13.3. The predicted octanol–water partition coefficient (Wildman–Crippen LogP) is 4.92. The fourth-order valence-corrected chi connectivity index (χ4v) is 6.56. The van der Waals surface area contributed by atoms with Crippen LogP contribution >= 0.6 is 0 Å². The molecule has 1 aromatic heterocycles. The van der Waals surface area contributed by atoms with E-state index in [0.29, 0.717) is 35.7 Å². The van der Waals surface area contributed by atoms with E-state index in [0.717, 1.165) is 48.9 Å². The van der Waals surface area contributed by atoms with Crippen LogP contribution in [0.5, 0.6) is 0 Å². The van der Waals surface area contributed by atoms with Crippen molar-refractivity contribution in [2.24, 2.45) is 17.8 Å². The van der Waals surface area contributed by atoms with E-state index in [9.17, 15) is 9.90 Å². The number of aromatic nitrogens is 1. The molecule has 2 aromatic rings. The molecule has 6 heteroatoms. The number of anilines is 2. The van der Waals surface area contributed by atoms with Crippen LogP contribution in [0.1, 0.15) is 67.4 Å². The van der Waals surface area contributed by atoms with Gasteiger partial charge in [-0.3, -0.25) is 0 Å². The molecule has 2 atom stereocenters. The van der Waals surface area contributed by atoms with Gasteiger partial charge in [0, 0.05) is 18.8 Å². The van der Waals surface area contributed by atoms with Crippen molar-refractivity contribution < 1.29 is 14.6 Å². The van der Waals surface area contributed by atoms with E-state index < -0.39 is 5.60 Å². The summed E-state index contributed by atoms with van der Waals surface area (Å²) in [6, 6.07) is 10.3. The number of hydrogen-bond acceptors (Lipinski definition) is 6. The minimum atomic E-state index is -0.482. The second-order valence-electron chi connectivity index (χ2n) is 10.7. The van der Waals surface area contributed by atoms with E-state index in [4.69, 9.17) is 4.74 Å². The SMILES string of the molecule is Cc1cnc(NCc2ccccc2)c(C(=O)OC(C)C)c1NC1[C@H]2CC3C[C@H]1CC(O)(C3)C2. The molecule has 4 fully saturated rings. The lowest BCUT2D eigenvalue weighted by Crippen LogP contribution is -2.59. The van der Waals surface area contributed by atoms with Gasteiger partial charge in [-0.05, 0) is 81.8 Å². The molecule has 0 spiro atoms. The van der Waals surface area contributed by atoms with Crippen LogP contribution in [0.3, 0.4) is 0 Å². The van der Waals surface area contributed by atoms with Crippen molar-refractivity contribution in [2.75, 3.05) is 10.6 Å². The van der Waals surface area contributed by atoms with Crippen LogP contribution in [0.25, 0.3) is 0 Å². The zero-order valence-corrected chi connectivity index (χ0v) is 19.8. The van der Waals surface area contributed by atoms with E-state index >= 15 is 0 Å². The molecule has 0 saturated heterocycles. The summed E-state index contributed by atoms with van der Waals surface area (Å²) in [5.41, 5.74) is 2.86. The fourth-order valence-electron chi connectivity index (χ4n) is 6.56. The van der Waals surface area contributed by atoms with E-state index in [1.54, 1.807) is 0 Å². The Labute approximate surface area is 196 Å². The molecule has 6 nitrogen and oxygen atoms in total. The molecule has 33 heavy (non-hydrogen) atoms. The summed E-state index contributed by atoms with van der Waals surface area (Å²) in [4.78, 5) is 17.9. The first kappa shape index (κ1) is 22.2. The van der Waals surface area contributed by atoms with Crippen molar-refractivity contribution in [2.45, 2.75) is 77.2 Å². The lowest BCUT2D eigenvalue weighted by atomic mass is 9.52. The topological polar surface area (TPSA) is 83.5 Å². The van der Waals surface area contributed by atoms with Gasteiger partial charge in [-0.15, -0.1) is 0 Å². The van der Waals surface area contributed by atoms with Gasteiger partial charge in [0.05, 0.1) is 17.4 Å². The van der Waals surface area contributed by atoms with Crippen LogP contribution in [-0.4, -0.2) is 33.8 Å². The van der Waals surface area contributed by atoms with E-state index in [-0.39, 0.29) is 18.1 Å². The largest absolute Gasteiger partial charge is 0.459 e. The highest BCUT2D eigenvalue weighted by atomic mass is 16.5. The Morgan fingerprint density at radius 3 is 2.52 bits per heavy atom. The molecule has 4 aliphatic carbocycles. The van der Waals surface area contributed by atoms with Gasteiger partial charge >= 0.3 is 5.97 Å². The molecular weight excluding hydrogens is 414 g/mol. The minimum absolute atomic E-state index is 0.219. The fraction of sp³-hybridized carbons (Fsp3) is 0.556. The van der Waals surface area contributed by atoms with Crippen LogP contribution in [-0.2, 0) is 11.3 Å².